The van der Waals surface area contributed by atoms with E-state index < -0.39 is 36.8 Å². The first-order chi connectivity index (χ1) is 11.2. The Bertz CT molecular complexity index is 711. The molecule has 1 aliphatic heterocycles. The van der Waals surface area contributed by atoms with Crippen LogP contribution in [0.3, 0.4) is 0 Å². The Hall–Kier alpha value is -0.530. The van der Waals surface area contributed by atoms with Gasteiger partial charge in [0, 0.05) is 13.1 Å². The van der Waals surface area contributed by atoms with E-state index in [-0.39, 0.29) is 31.3 Å². The lowest BCUT2D eigenvalue weighted by Gasteiger charge is -2.41. The van der Waals surface area contributed by atoms with E-state index in [9.17, 15) is 38.8 Å². The summed E-state index contributed by atoms with van der Waals surface area (Å²) in [5.74, 6) is -6.17. The molecule has 2 rings (SSSR count). The van der Waals surface area contributed by atoms with Crippen LogP contribution in [0.15, 0.2) is 0 Å². The molecule has 0 bridgehead atoms. The predicted octanol–water partition coefficient (Wildman–Crippen LogP) is 2.24. The Labute approximate surface area is 142 Å². The van der Waals surface area contributed by atoms with Gasteiger partial charge < -0.3 is 0 Å². The minimum absolute atomic E-state index is 0.165. The second-order valence-corrected chi connectivity index (χ2v) is 9.85. The quantitative estimate of drug-likeness (QED) is 0.549. The maximum atomic E-state index is 14.0. The molecular weight excluding hydrogens is 397 g/mol. The van der Waals surface area contributed by atoms with Gasteiger partial charge in [-0.15, -0.1) is 0 Å². The highest BCUT2D eigenvalue weighted by atomic mass is 32.2. The van der Waals surface area contributed by atoms with Crippen LogP contribution in [-0.2, 0) is 20.1 Å². The average Bonchev–Trinajstić information content (AvgIpc) is 2.52. The molecule has 0 spiro atoms. The molecule has 25 heavy (non-hydrogen) atoms. The van der Waals surface area contributed by atoms with Gasteiger partial charge in [0.2, 0.25) is 0 Å². The van der Waals surface area contributed by atoms with E-state index in [0.717, 1.165) is 19.3 Å². The summed E-state index contributed by atoms with van der Waals surface area (Å²) in [6.45, 7) is -0.585. The maximum Gasteiger partial charge on any atom is 0.435 e. The highest BCUT2D eigenvalue weighted by Gasteiger charge is 2.73. The minimum Gasteiger partial charge on any atom is -0.281 e. The molecule has 0 aromatic heterocycles. The van der Waals surface area contributed by atoms with Crippen LogP contribution >= 0.6 is 0 Å². The third-order valence-corrected chi connectivity index (χ3v) is 7.66. The molecule has 0 radical (unpaired) electrons. The molecule has 6 nitrogen and oxygen atoms in total. The van der Waals surface area contributed by atoms with Gasteiger partial charge in [-0.3, -0.25) is 4.55 Å². The van der Waals surface area contributed by atoms with Crippen molar-refractivity contribution in [1.82, 2.24) is 4.31 Å². The summed E-state index contributed by atoms with van der Waals surface area (Å²) in [5.41, 5.74) is -4.50. The number of rotatable bonds is 5. The monoisotopic (exact) mass is 415 g/mol. The molecule has 148 valence electrons. The zero-order valence-corrected chi connectivity index (χ0v) is 14.5. The smallest absolute Gasteiger partial charge is 0.281 e. The molecule has 0 amide bonds. The highest BCUT2D eigenvalue weighted by molar-refractivity contribution is 7.90. The van der Waals surface area contributed by atoms with Gasteiger partial charge in [0.25, 0.3) is 15.5 Å². The van der Waals surface area contributed by atoms with Gasteiger partial charge in [0.1, 0.15) is 0 Å². The third-order valence-electron chi connectivity index (χ3n) is 4.87. The molecular formula is C12H18F5NO5S2. The van der Waals surface area contributed by atoms with Crippen molar-refractivity contribution in [2.75, 3.05) is 13.1 Å². The topological polar surface area (TPSA) is 91.8 Å². The fourth-order valence-electron chi connectivity index (χ4n) is 3.42. The largest absolute Gasteiger partial charge is 0.435 e. The molecule has 1 saturated heterocycles. The van der Waals surface area contributed by atoms with Crippen LogP contribution in [0, 0.1) is 11.8 Å². The number of hydrogen-bond acceptors (Lipinski definition) is 4. The molecule has 2 fully saturated rings. The first-order valence-electron chi connectivity index (χ1n) is 7.58. The third kappa shape index (κ3) is 3.52. The number of nitrogens with zero attached hydrogens (tertiary/aromatic N) is 1. The highest BCUT2D eigenvalue weighted by Crippen LogP contribution is 2.45. The van der Waals surface area contributed by atoms with E-state index in [1.54, 1.807) is 0 Å². The molecule has 1 aliphatic carbocycles. The molecule has 13 heteroatoms. The van der Waals surface area contributed by atoms with Gasteiger partial charge in [0.05, 0.1) is 0 Å². The van der Waals surface area contributed by atoms with Gasteiger partial charge in [-0.25, -0.2) is 12.8 Å². The molecule has 3 atom stereocenters. The van der Waals surface area contributed by atoms with Crippen LogP contribution in [0.25, 0.3) is 0 Å². The summed E-state index contributed by atoms with van der Waals surface area (Å²) in [7, 11) is -12.3. The van der Waals surface area contributed by atoms with Crippen molar-refractivity contribution >= 4 is 20.1 Å². The number of fused-ring (bicyclic) bond motifs is 1. The van der Waals surface area contributed by atoms with Crippen molar-refractivity contribution in [2.24, 2.45) is 11.8 Å². The second kappa shape index (κ2) is 6.57. The molecule has 1 saturated carbocycles. The van der Waals surface area contributed by atoms with Gasteiger partial charge >= 0.3 is 21.3 Å². The van der Waals surface area contributed by atoms with E-state index in [1.807, 2.05) is 0 Å². The summed E-state index contributed by atoms with van der Waals surface area (Å²) < 4.78 is 121. The SMILES string of the molecule is O=S(=O)(C(F)C(F)(F)C(F)(F)S(=O)(=O)O)N1CCC2CCCCC2C1. The van der Waals surface area contributed by atoms with E-state index in [1.165, 1.54) is 0 Å². The standard InChI is InChI=1S/C12H18F5NO5S2/c13-10(11(14,15)12(16,17)25(21,22)23)24(19,20)18-6-5-8-3-1-2-4-9(8)7-18/h8-10H,1-7H2,(H,21,22,23). The average molecular weight is 415 g/mol. The van der Waals surface area contributed by atoms with Crippen molar-refractivity contribution in [3.8, 4) is 0 Å². The summed E-state index contributed by atoms with van der Waals surface area (Å²) in [6, 6.07) is 0. The van der Waals surface area contributed by atoms with Crippen molar-refractivity contribution in [3.63, 3.8) is 0 Å². The van der Waals surface area contributed by atoms with Crippen LogP contribution in [-0.4, -0.2) is 55.5 Å². The van der Waals surface area contributed by atoms with Crippen molar-refractivity contribution in [1.29, 1.82) is 0 Å². The Morgan fingerprint density at radius 2 is 1.48 bits per heavy atom. The van der Waals surface area contributed by atoms with Crippen molar-refractivity contribution in [3.05, 3.63) is 0 Å². The van der Waals surface area contributed by atoms with Crippen molar-refractivity contribution < 1.29 is 43.3 Å². The zero-order valence-electron chi connectivity index (χ0n) is 12.9. The Balaban J connectivity index is 2.26. The molecule has 0 aromatic rings. The van der Waals surface area contributed by atoms with Crippen LogP contribution in [0.4, 0.5) is 22.0 Å². The lowest BCUT2D eigenvalue weighted by atomic mass is 9.76. The fraction of sp³-hybridized carbons (Fsp3) is 1.00. The first kappa shape index (κ1) is 20.8. The van der Waals surface area contributed by atoms with Gasteiger partial charge in [-0.1, -0.05) is 19.3 Å². The lowest BCUT2D eigenvalue weighted by molar-refractivity contribution is -0.180. The van der Waals surface area contributed by atoms with E-state index in [2.05, 4.69) is 0 Å². The van der Waals surface area contributed by atoms with Gasteiger partial charge in [-0.05, 0) is 24.7 Å². The number of hydrogen-bond donors (Lipinski definition) is 1. The summed E-state index contributed by atoms with van der Waals surface area (Å²) >= 11 is 0. The number of piperidine rings is 1. The predicted molar refractivity (Wildman–Crippen MR) is 76.9 cm³/mol. The van der Waals surface area contributed by atoms with E-state index >= 15 is 0 Å². The van der Waals surface area contributed by atoms with Crippen LogP contribution < -0.4 is 0 Å². The molecule has 0 aromatic carbocycles. The van der Waals surface area contributed by atoms with Gasteiger partial charge in [-0.2, -0.15) is 30.3 Å². The van der Waals surface area contributed by atoms with Crippen LogP contribution in [0.2, 0.25) is 0 Å². The fourth-order valence-corrected chi connectivity index (χ4v) is 5.49. The minimum atomic E-state index is -6.72. The summed E-state index contributed by atoms with van der Waals surface area (Å²) in [6.07, 6.45) is 3.47. The molecule has 2 aliphatic rings. The maximum absolute atomic E-state index is 14.0. The van der Waals surface area contributed by atoms with Crippen LogP contribution in [0.5, 0.6) is 0 Å². The number of halogens is 5. The lowest BCUT2D eigenvalue weighted by Crippen LogP contribution is -2.58. The Kier molecular flexibility index (Phi) is 5.46. The zero-order chi connectivity index (χ0) is 19.3. The summed E-state index contributed by atoms with van der Waals surface area (Å²) in [4.78, 5) is 0. The Morgan fingerprint density at radius 3 is 2.00 bits per heavy atom. The molecule has 1 heterocycles. The Morgan fingerprint density at radius 1 is 0.960 bits per heavy atom. The van der Waals surface area contributed by atoms with E-state index in [0.29, 0.717) is 10.7 Å². The molecule has 3 unspecified atom stereocenters. The van der Waals surface area contributed by atoms with Gasteiger partial charge in [0.15, 0.2) is 0 Å². The second-order valence-electron chi connectivity index (χ2n) is 6.43. The number of sulfonamides is 1. The van der Waals surface area contributed by atoms with Crippen molar-refractivity contribution in [2.45, 2.75) is 48.8 Å². The van der Waals surface area contributed by atoms with E-state index in [4.69, 9.17) is 4.55 Å². The summed E-state index contributed by atoms with van der Waals surface area (Å²) in [5, 5.41) is -6.28. The normalized spacial score (nSPS) is 28.4. The molecule has 1 N–H and O–H groups in total. The first-order valence-corrected chi connectivity index (χ1v) is 10.5. The van der Waals surface area contributed by atoms with Crippen LogP contribution in [0.1, 0.15) is 32.1 Å². The number of alkyl halides is 5.